The molecule has 1 fully saturated rings. The van der Waals surface area contributed by atoms with Crippen molar-refractivity contribution in [3.8, 4) is 0 Å². The van der Waals surface area contributed by atoms with E-state index in [1.54, 1.807) is 0 Å². The first-order valence-corrected chi connectivity index (χ1v) is 8.35. The summed E-state index contributed by atoms with van der Waals surface area (Å²) < 4.78 is 0. The highest BCUT2D eigenvalue weighted by molar-refractivity contribution is 5.31. The lowest BCUT2D eigenvalue weighted by atomic mass is 9.80. The topological polar surface area (TPSA) is 12.0 Å². The van der Waals surface area contributed by atoms with E-state index >= 15 is 0 Å². The van der Waals surface area contributed by atoms with Crippen molar-refractivity contribution < 1.29 is 0 Å². The van der Waals surface area contributed by atoms with Crippen molar-refractivity contribution in [1.82, 2.24) is 5.32 Å². The Balaban J connectivity index is 1.76. The van der Waals surface area contributed by atoms with Gasteiger partial charge in [0.25, 0.3) is 0 Å². The van der Waals surface area contributed by atoms with Crippen LogP contribution in [0.2, 0.25) is 0 Å². The molecule has 112 valence electrons. The van der Waals surface area contributed by atoms with E-state index in [-0.39, 0.29) is 5.54 Å². The van der Waals surface area contributed by atoms with Crippen molar-refractivity contribution in [3.05, 3.63) is 36.5 Å². The standard InChI is InChI=1S/C19H31N/c1-4-8-16-11-13-17(14-12-16)15-20-19(2,3)18-9-6-5-7-10-18/h4,6,9-10,16-17,20H,1,5,7-8,11-15H2,2-3H3. The van der Waals surface area contributed by atoms with Crippen LogP contribution in [0.15, 0.2) is 36.5 Å². The largest absolute Gasteiger partial charge is 0.308 e. The molecule has 0 saturated heterocycles. The monoisotopic (exact) mass is 273 g/mol. The van der Waals surface area contributed by atoms with Gasteiger partial charge >= 0.3 is 0 Å². The Bertz CT molecular complexity index is 367. The fourth-order valence-corrected chi connectivity index (χ4v) is 3.49. The minimum absolute atomic E-state index is 0.120. The molecule has 0 aromatic heterocycles. The van der Waals surface area contributed by atoms with Gasteiger partial charge in [-0.3, -0.25) is 0 Å². The van der Waals surface area contributed by atoms with Crippen LogP contribution in [0.1, 0.15) is 58.8 Å². The summed E-state index contributed by atoms with van der Waals surface area (Å²) in [6.45, 7) is 9.67. The smallest absolute Gasteiger partial charge is 0.0374 e. The van der Waals surface area contributed by atoms with Crippen LogP contribution >= 0.6 is 0 Å². The lowest BCUT2D eigenvalue weighted by molar-refractivity contribution is 0.256. The minimum atomic E-state index is 0.120. The van der Waals surface area contributed by atoms with Gasteiger partial charge in [-0.15, -0.1) is 6.58 Å². The Labute approximate surface area is 125 Å². The Morgan fingerprint density at radius 2 is 1.90 bits per heavy atom. The summed E-state index contributed by atoms with van der Waals surface area (Å²) in [6, 6.07) is 0. The molecule has 0 aromatic carbocycles. The van der Waals surface area contributed by atoms with Crippen LogP contribution in [0.4, 0.5) is 0 Å². The normalized spacial score (nSPS) is 27.2. The SMILES string of the molecule is C=CCC1CCC(CNC(C)(C)C2=CCCC=C2)CC1. The summed E-state index contributed by atoms with van der Waals surface area (Å²) in [5, 5.41) is 3.81. The third-order valence-corrected chi connectivity index (χ3v) is 5.02. The highest BCUT2D eigenvalue weighted by atomic mass is 15.0. The molecular weight excluding hydrogens is 242 g/mol. The first kappa shape index (κ1) is 15.6. The van der Waals surface area contributed by atoms with Gasteiger partial charge in [-0.05, 0) is 82.7 Å². The maximum absolute atomic E-state index is 3.87. The number of hydrogen-bond donors (Lipinski definition) is 1. The van der Waals surface area contributed by atoms with E-state index in [1.807, 2.05) is 0 Å². The molecule has 2 aliphatic carbocycles. The molecule has 0 atom stereocenters. The molecule has 0 bridgehead atoms. The lowest BCUT2D eigenvalue weighted by Gasteiger charge is -2.34. The van der Waals surface area contributed by atoms with Crippen molar-refractivity contribution in [2.45, 2.75) is 64.3 Å². The summed E-state index contributed by atoms with van der Waals surface area (Å²) >= 11 is 0. The van der Waals surface area contributed by atoms with E-state index in [4.69, 9.17) is 0 Å². The molecule has 1 N–H and O–H groups in total. The number of allylic oxidation sites excluding steroid dienone is 3. The van der Waals surface area contributed by atoms with Crippen LogP contribution in [0.5, 0.6) is 0 Å². The van der Waals surface area contributed by atoms with Gasteiger partial charge in [-0.1, -0.05) is 24.3 Å². The van der Waals surface area contributed by atoms with Gasteiger partial charge < -0.3 is 5.32 Å². The maximum Gasteiger partial charge on any atom is 0.0374 e. The van der Waals surface area contributed by atoms with Gasteiger partial charge in [0.15, 0.2) is 0 Å². The van der Waals surface area contributed by atoms with Crippen LogP contribution in [0.25, 0.3) is 0 Å². The molecule has 1 heteroatoms. The van der Waals surface area contributed by atoms with Crippen molar-refractivity contribution in [1.29, 1.82) is 0 Å². The van der Waals surface area contributed by atoms with E-state index in [9.17, 15) is 0 Å². The molecule has 0 aliphatic heterocycles. The third kappa shape index (κ3) is 4.34. The van der Waals surface area contributed by atoms with Gasteiger partial charge in [0.2, 0.25) is 0 Å². The molecule has 2 rings (SSSR count). The van der Waals surface area contributed by atoms with Crippen LogP contribution < -0.4 is 5.32 Å². The van der Waals surface area contributed by atoms with Gasteiger partial charge in [0, 0.05) is 5.54 Å². The summed E-state index contributed by atoms with van der Waals surface area (Å²) in [4.78, 5) is 0. The molecule has 1 nitrogen and oxygen atoms in total. The molecule has 20 heavy (non-hydrogen) atoms. The van der Waals surface area contributed by atoms with E-state index < -0.39 is 0 Å². The molecule has 0 aromatic rings. The van der Waals surface area contributed by atoms with Gasteiger partial charge in [-0.25, -0.2) is 0 Å². The fourth-order valence-electron chi connectivity index (χ4n) is 3.49. The van der Waals surface area contributed by atoms with Crippen LogP contribution in [0, 0.1) is 11.8 Å². The molecule has 0 heterocycles. The van der Waals surface area contributed by atoms with E-state index in [1.165, 1.54) is 57.1 Å². The van der Waals surface area contributed by atoms with E-state index in [0.29, 0.717) is 0 Å². The summed E-state index contributed by atoms with van der Waals surface area (Å²) in [6.07, 6.45) is 18.3. The molecule has 0 radical (unpaired) electrons. The average molecular weight is 273 g/mol. The predicted molar refractivity (Wildman–Crippen MR) is 88.8 cm³/mol. The molecule has 1 saturated carbocycles. The van der Waals surface area contributed by atoms with Crippen molar-refractivity contribution >= 4 is 0 Å². The van der Waals surface area contributed by atoms with Gasteiger partial charge in [0.1, 0.15) is 0 Å². The fraction of sp³-hybridized carbons (Fsp3) is 0.684. The van der Waals surface area contributed by atoms with Crippen LogP contribution in [-0.4, -0.2) is 12.1 Å². The van der Waals surface area contributed by atoms with E-state index in [0.717, 1.165) is 11.8 Å². The first-order chi connectivity index (χ1) is 9.62. The first-order valence-electron chi connectivity index (χ1n) is 8.35. The van der Waals surface area contributed by atoms with Crippen molar-refractivity contribution in [3.63, 3.8) is 0 Å². The maximum atomic E-state index is 3.87. The van der Waals surface area contributed by atoms with E-state index in [2.05, 4.69) is 50.0 Å². The molecular formula is C19H31N. The quantitative estimate of drug-likeness (QED) is 0.670. The Morgan fingerprint density at radius 1 is 1.20 bits per heavy atom. The predicted octanol–water partition coefficient (Wildman–Crippen LogP) is 5.01. The minimum Gasteiger partial charge on any atom is -0.308 e. The molecule has 0 spiro atoms. The van der Waals surface area contributed by atoms with Crippen molar-refractivity contribution in [2.24, 2.45) is 11.8 Å². The second-order valence-corrected chi connectivity index (χ2v) is 7.06. The summed E-state index contributed by atoms with van der Waals surface area (Å²) in [5.41, 5.74) is 1.58. The Hall–Kier alpha value is -0.820. The number of nitrogens with one attached hydrogen (secondary N) is 1. The summed E-state index contributed by atoms with van der Waals surface area (Å²) in [7, 11) is 0. The van der Waals surface area contributed by atoms with Crippen molar-refractivity contribution in [2.75, 3.05) is 6.54 Å². The molecule has 0 unspecified atom stereocenters. The second kappa shape index (κ2) is 7.26. The van der Waals surface area contributed by atoms with Crippen LogP contribution in [-0.2, 0) is 0 Å². The highest BCUT2D eigenvalue weighted by Gasteiger charge is 2.25. The lowest BCUT2D eigenvalue weighted by Crippen LogP contribution is -2.44. The zero-order valence-electron chi connectivity index (χ0n) is 13.3. The Kier molecular flexibility index (Phi) is 5.65. The zero-order chi connectivity index (χ0) is 14.4. The second-order valence-electron chi connectivity index (χ2n) is 7.06. The van der Waals surface area contributed by atoms with Gasteiger partial charge in [-0.2, -0.15) is 0 Å². The number of hydrogen-bond acceptors (Lipinski definition) is 1. The molecule has 2 aliphatic rings. The highest BCUT2D eigenvalue weighted by Crippen LogP contribution is 2.31. The zero-order valence-corrected chi connectivity index (χ0v) is 13.3. The number of rotatable bonds is 6. The van der Waals surface area contributed by atoms with Crippen LogP contribution in [0.3, 0.4) is 0 Å². The Morgan fingerprint density at radius 3 is 2.50 bits per heavy atom. The summed E-state index contributed by atoms with van der Waals surface area (Å²) in [5.74, 6) is 1.77. The third-order valence-electron chi connectivity index (χ3n) is 5.02. The molecule has 0 amide bonds. The van der Waals surface area contributed by atoms with Gasteiger partial charge in [0.05, 0.1) is 0 Å². The average Bonchev–Trinajstić information content (AvgIpc) is 2.48.